The number of anilines is 2. The minimum atomic E-state index is -5.08. The summed E-state index contributed by atoms with van der Waals surface area (Å²) in [5.74, 6) is -1.39. The van der Waals surface area contributed by atoms with E-state index >= 15 is 0 Å². The Hall–Kier alpha value is -3.80. The van der Waals surface area contributed by atoms with E-state index in [9.17, 15) is 18.0 Å². The van der Waals surface area contributed by atoms with Crippen LogP contribution in [0.1, 0.15) is 13.8 Å². The summed E-state index contributed by atoms with van der Waals surface area (Å²) in [5, 5.41) is 18.3. The first-order chi connectivity index (χ1) is 16.5. The number of nitrogens with one attached hydrogen (secondary N) is 3. The third-order valence-corrected chi connectivity index (χ3v) is 5.85. The van der Waals surface area contributed by atoms with Crippen LogP contribution in [0.2, 0.25) is 0 Å². The van der Waals surface area contributed by atoms with E-state index in [4.69, 9.17) is 14.6 Å². The number of ether oxygens (including phenoxy) is 1. The van der Waals surface area contributed by atoms with Crippen molar-refractivity contribution in [2.75, 3.05) is 29.9 Å². The number of amidine groups is 1. The van der Waals surface area contributed by atoms with Gasteiger partial charge in [0.2, 0.25) is 0 Å². The molecule has 1 saturated heterocycles. The van der Waals surface area contributed by atoms with Crippen LogP contribution in [0.5, 0.6) is 5.75 Å². The number of carboxylic acids is 1. The molecule has 5 rings (SSSR count). The lowest BCUT2D eigenvalue weighted by Gasteiger charge is -2.42. The molecule has 186 valence electrons. The summed E-state index contributed by atoms with van der Waals surface area (Å²) in [6.45, 7) is 6.24. The second-order valence-corrected chi connectivity index (χ2v) is 8.66. The fourth-order valence-electron chi connectivity index (χ4n) is 3.95. The number of nitrogens with zero attached hydrogens (tertiary/aromatic N) is 2. The number of alkyl halides is 3. The lowest BCUT2D eigenvalue weighted by molar-refractivity contribution is -0.192. The van der Waals surface area contributed by atoms with Gasteiger partial charge in [0.05, 0.1) is 11.2 Å². The third-order valence-electron chi connectivity index (χ3n) is 5.85. The summed E-state index contributed by atoms with van der Waals surface area (Å²) < 4.78 is 37.7. The number of amides is 1. The van der Waals surface area contributed by atoms with Gasteiger partial charge in [0, 0.05) is 24.3 Å². The highest BCUT2D eigenvalue weighted by atomic mass is 19.4. The van der Waals surface area contributed by atoms with E-state index in [0.717, 1.165) is 47.2 Å². The first-order valence-electron chi connectivity index (χ1n) is 10.8. The van der Waals surface area contributed by atoms with Gasteiger partial charge in [-0.05, 0) is 31.5 Å². The van der Waals surface area contributed by atoms with Crippen molar-refractivity contribution in [3.05, 3.63) is 42.5 Å². The zero-order valence-electron chi connectivity index (χ0n) is 18.9. The smallest absolute Gasteiger partial charge is 0.483 e. The molecule has 1 unspecified atom stereocenters. The van der Waals surface area contributed by atoms with Gasteiger partial charge >= 0.3 is 12.1 Å². The Morgan fingerprint density at radius 2 is 1.91 bits per heavy atom. The van der Waals surface area contributed by atoms with Gasteiger partial charge in [0.1, 0.15) is 18.4 Å². The number of benzene rings is 2. The summed E-state index contributed by atoms with van der Waals surface area (Å²) in [7, 11) is 0. The van der Waals surface area contributed by atoms with Crippen LogP contribution in [0, 0.1) is 0 Å². The Morgan fingerprint density at radius 1 is 1.26 bits per heavy atom. The fraction of sp³-hybridized carbons (Fsp3) is 0.348. The van der Waals surface area contributed by atoms with E-state index in [-0.39, 0.29) is 17.5 Å². The third kappa shape index (κ3) is 5.02. The summed E-state index contributed by atoms with van der Waals surface area (Å²) >= 11 is 0. The average molecular weight is 491 g/mol. The Morgan fingerprint density at radius 3 is 2.49 bits per heavy atom. The molecule has 3 aliphatic rings. The lowest BCUT2D eigenvalue weighted by Crippen LogP contribution is -2.62. The molecule has 0 aliphatic carbocycles. The van der Waals surface area contributed by atoms with Gasteiger partial charge in [-0.25, -0.2) is 10.2 Å². The number of fused-ring (bicyclic) bond motifs is 3. The molecule has 2 aromatic carbocycles. The molecule has 0 aromatic heterocycles. The SMILES string of the molecule is CC1C(=O)NN=C2COc3cc(-c4ccccc4)c(NC4(C)CNC4)cc3N21.O=C(O)C(F)(F)F. The van der Waals surface area contributed by atoms with Crippen molar-refractivity contribution in [1.82, 2.24) is 10.7 Å². The molecule has 1 atom stereocenters. The molecule has 0 radical (unpaired) electrons. The molecule has 9 nitrogen and oxygen atoms in total. The van der Waals surface area contributed by atoms with Gasteiger partial charge in [-0.15, -0.1) is 0 Å². The van der Waals surface area contributed by atoms with Crippen LogP contribution in [-0.2, 0) is 9.59 Å². The first kappa shape index (κ1) is 24.3. The molecule has 0 spiro atoms. The van der Waals surface area contributed by atoms with Crippen molar-refractivity contribution in [2.24, 2.45) is 5.10 Å². The second-order valence-electron chi connectivity index (χ2n) is 8.66. The highest BCUT2D eigenvalue weighted by Gasteiger charge is 2.39. The molecule has 3 aliphatic heterocycles. The van der Waals surface area contributed by atoms with E-state index in [0.29, 0.717) is 6.61 Å². The molecule has 0 bridgehead atoms. The van der Waals surface area contributed by atoms with Crippen LogP contribution in [0.3, 0.4) is 0 Å². The summed E-state index contributed by atoms with van der Waals surface area (Å²) in [5.41, 5.74) is 6.67. The first-order valence-corrected chi connectivity index (χ1v) is 10.8. The van der Waals surface area contributed by atoms with E-state index in [1.54, 1.807) is 0 Å². The highest BCUT2D eigenvalue weighted by molar-refractivity contribution is 6.10. The average Bonchev–Trinajstić information content (AvgIpc) is 2.80. The van der Waals surface area contributed by atoms with Crippen molar-refractivity contribution >= 4 is 29.1 Å². The molecule has 1 fully saturated rings. The minimum absolute atomic E-state index is 0.00486. The van der Waals surface area contributed by atoms with Crippen LogP contribution < -0.4 is 25.7 Å². The van der Waals surface area contributed by atoms with Crippen LogP contribution >= 0.6 is 0 Å². The molecular formula is C23H24F3N5O4. The molecule has 4 N–H and O–H groups in total. The zero-order valence-corrected chi connectivity index (χ0v) is 18.9. The standard InChI is InChI=1S/C21H23N5O2.C2HF3O2/c1-13-20(27)25-24-19-10-28-18-8-15(14-6-4-3-5-7-14)16(9-17(18)26(13)19)23-21(2)11-22-12-21;3-2(4,5)1(6)7/h3-9,13,22-23H,10-12H2,1-2H3,(H,25,27);(H,6,7). The quantitative estimate of drug-likeness (QED) is 0.522. The van der Waals surface area contributed by atoms with Gasteiger partial charge < -0.3 is 25.4 Å². The van der Waals surface area contributed by atoms with E-state index < -0.39 is 12.1 Å². The largest absolute Gasteiger partial charge is 0.490 e. The zero-order chi connectivity index (χ0) is 25.4. The van der Waals surface area contributed by atoms with Gasteiger partial charge in [0.15, 0.2) is 5.84 Å². The Kier molecular flexibility index (Phi) is 6.32. The Bertz CT molecular complexity index is 1170. The molecular weight excluding hydrogens is 467 g/mol. The highest BCUT2D eigenvalue weighted by Crippen LogP contribution is 2.43. The number of carbonyl (C=O) groups is 2. The summed E-state index contributed by atoms with van der Waals surface area (Å²) in [4.78, 5) is 23.1. The maximum absolute atomic E-state index is 12.2. The molecule has 3 heterocycles. The number of hydrazone groups is 1. The number of carboxylic acid groups (broad SMARTS) is 1. The minimum Gasteiger partial charge on any atom is -0.483 e. The van der Waals surface area contributed by atoms with Gasteiger partial charge in [-0.3, -0.25) is 4.79 Å². The Balaban J connectivity index is 0.000000364. The van der Waals surface area contributed by atoms with E-state index in [2.05, 4.69) is 52.3 Å². The van der Waals surface area contributed by atoms with E-state index in [1.807, 2.05) is 30.0 Å². The maximum Gasteiger partial charge on any atom is 0.490 e. The number of rotatable bonds is 3. The van der Waals surface area contributed by atoms with Gasteiger partial charge in [-0.1, -0.05) is 30.3 Å². The summed E-state index contributed by atoms with van der Waals surface area (Å²) in [6.07, 6.45) is -5.08. The molecule has 12 heteroatoms. The molecule has 35 heavy (non-hydrogen) atoms. The number of hydrogen-bond donors (Lipinski definition) is 4. The normalized spacial score (nSPS) is 19.9. The van der Waals surface area contributed by atoms with Crippen molar-refractivity contribution in [2.45, 2.75) is 31.6 Å². The fourth-order valence-corrected chi connectivity index (χ4v) is 3.95. The predicted molar refractivity (Wildman–Crippen MR) is 123 cm³/mol. The van der Waals surface area contributed by atoms with Crippen LogP contribution in [-0.4, -0.2) is 60.3 Å². The van der Waals surface area contributed by atoms with Crippen LogP contribution in [0.4, 0.5) is 24.5 Å². The van der Waals surface area contributed by atoms with Crippen molar-refractivity contribution < 1.29 is 32.6 Å². The molecule has 1 amide bonds. The van der Waals surface area contributed by atoms with Crippen molar-refractivity contribution in [3.63, 3.8) is 0 Å². The number of halogens is 3. The van der Waals surface area contributed by atoms with Crippen LogP contribution in [0.15, 0.2) is 47.6 Å². The monoisotopic (exact) mass is 491 g/mol. The van der Waals surface area contributed by atoms with Crippen molar-refractivity contribution in [1.29, 1.82) is 0 Å². The Labute approximate surface area is 198 Å². The van der Waals surface area contributed by atoms with Crippen LogP contribution in [0.25, 0.3) is 11.1 Å². The maximum atomic E-state index is 12.2. The topological polar surface area (TPSA) is 115 Å². The molecule has 0 saturated carbocycles. The number of carbonyl (C=O) groups excluding carboxylic acids is 1. The van der Waals surface area contributed by atoms with Gasteiger partial charge in [0.25, 0.3) is 5.91 Å². The van der Waals surface area contributed by atoms with Crippen molar-refractivity contribution in [3.8, 4) is 16.9 Å². The lowest BCUT2D eigenvalue weighted by atomic mass is 9.93. The van der Waals surface area contributed by atoms with E-state index in [1.165, 1.54) is 0 Å². The number of aliphatic carboxylic acids is 1. The number of hydrogen-bond acceptors (Lipinski definition) is 7. The predicted octanol–water partition coefficient (Wildman–Crippen LogP) is 2.79. The summed E-state index contributed by atoms with van der Waals surface area (Å²) in [6, 6.07) is 14.1. The van der Waals surface area contributed by atoms with Gasteiger partial charge in [-0.2, -0.15) is 18.3 Å². The molecule has 2 aromatic rings. The second kappa shape index (κ2) is 9.10.